The number of para-hydroxylation sites is 2. The Bertz CT molecular complexity index is 893. The predicted octanol–water partition coefficient (Wildman–Crippen LogP) is 3.34. The Morgan fingerprint density at radius 3 is 2.42 bits per heavy atom. The number of benzene rings is 2. The number of fused-ring (bicyclic) bond motifs is 1. The second-order valence-corrected chi connectivity index (χ2v) is 7.30. The normalized spacial score (nSPS) is 17.0. The third-order valence-electron chi connectivity index (χ3n) is 5.55. The molecule has 0 aliphatic carbocycles. The number of anilines is 1. The average molecular weight is 349 g/mol. The highest BCUT2D eigenvalue weighted by molar-refractivity contribution is 5.84. The summed E-state index contributed by atoms with van der Waals surface area (Å²) in [6, 6.07) is 16.9. The Morgan fingerprint density at radius 2 is 1.65 bits per heavy atom. The summed E-state index contributed by atoms with van der Waals surface area (Å²) in [4.78, 5) is 4.83. The van der Waals surface area contributed by atoms with Gasteiger partial charge in [0.15, 0.2) is 0 Å². The molecule has 4 rings (SSSR count). The molecule has 4 nitrogen and oxygen atoms in total. The van der Waals surface area contributed by atoms with Gasteiger partial charge in [-0.15, -0.1) is 0 Å². The van der Waals surface area contributed by atoms with Crippen molar-refractivity contribution < 1.29 is 5.11 Å². The fraction of sp³-hybridized carbons (Fsp3) is 0.364. The van der Waals surface area contributed by atoms with Gasteiger partial charge in [-0.25, -0.2) is 0 Å². The fourth-order valence-corrected chi connectivity index (χ4v) is 4.07. The van der Waals surface area contributed by atoms with E-state index in [4.69, 9.17) is 0 Å². The smallest absolute Gasteiger partial charge is 0.0937 e. The van der Waals surface area contributed by atoms with Crippen molar-refractivity contribution in [2.45, 2.75) is 13.0 Å². The number of aliphatic hydroxyl groups is 1. The summed E-state index contributed by atoms with van der Waals surface area (Å²) < 4.78 is 2.10. The van der Waals surface area contributed by atoms with E-state index in [2.05, 4.69) is 63.9 Å². The number of hydrogen-bond donors (Lipinski definition) is 1. The van der Waals surface area contributed by atoms with E-state index in [0.717, 1.165) is 37.1 Å². The Labute approximate surface area is 155 Å². The average Bonchev–Trinajstić information content (AvgIpc) is 3.00. The van der Waals surface area contributed by atoms with Crippen molar-refractivity contribution in [3.63, 3.8) is 0 Å². The fourth-order valence-electron chi connectivity index (χ4n) is 4.07. The molecule has 1 aliphatic rings. The first-order valence-corrected chi connectivity index (χ1v) is 9.38. The van der Waals surface area contributed by atoms with Crippen LogP contribution in [0.2, 0.25) is 0 Å². The first-order chi connectivity index (χ1) is 12.6. The van der Waals surface area contributed by atoms with E-state index in [1.165, 1.54) is 16.8 Å². The van der Waals surface area contributed by atoms with Crippen LogP contribution in [0.1, 0.15) is 17.2 Å². The predicted molar refractivity (Wildman–Crippen MR) is 108 cm³/mol. The molecule has 1 fully saturated rings. The molecule has 0 radical (unpaired) electrons. The zero-order valence-corrected chi connectivity index (χ0v) is 15.6. The molecule has 1 atom stereocenters. The van der Waals surface area contributed by atoms with Gasteiger partial charge in [0.2, 0.25) is 0 Å². The van der Waals surface area contributed by atoms with Crippen LogP contribution in [0.15, 0.2) is 54.7 Å². The lowest BCUT2D eigenvalue weighted by molar-refractivity contribution is 0.110. The summed E-state index contributed by atoms with van der Waals surface area (Å²) in [6.45, 7) is 6.84. The maximum atomic E-state index is 10.8. The first kappa shape index (κ1) is 17.1. The van der Waals surface area contributed by atoms with E-state index in [1.807, 2.05) is 19.2 Å². The van der Waals surface area contributed by atoms with Gasteiger partial charge in [-0.3, -0.25) is 4.90 Å². The Hall–Kier alpha value is -2.30. The van der Waals surface area contributed by atoms with Crippen molar-refractivity contribution in [3.05, 3.63) is 65.9 Å². The molecule has 1 aliphatic heterocycles. The van der Waals surface area contributed by atoms with E-state index in [-0.39, 0.29) is 0 Å². The molecule has 136 valence electrons. The highest BCUT2D eigenvalue weighted by atomic mass is 16.3. The van der Waals surface area contributed by atoms with Crippen LogP contribution in [0.25, 0.3) is 10.9 Å². The Balaban J connectivity index is 1.42. The highest BCUT2D eigenvalue weighted by Crippen LogP contribution is 2.27. The standard InChI is InChI=1S/C22H27N3O/c1-17-7-3-5-9-20(17)25-13-11-24(12-14-25)16-22(26)19-15-23(2)21-10-6-4-8-18(19)21/h3-10,15,22,26H,11-14,16H2,1-2H3/t22-/m0/s1. The number of rotatable bonds is 4. The van der Waals surface area contributed by atoms with Gasteiger partial charge in [0.25, 0.3) is 0 Å². The number of piperazine rings is 1. The van der Waals surface area contributed by atoms with Gasteiger partial charge in [-0.2, -0.15) is 0 Å². The van der Waals surface area contributed by atoms with Crippen LogP contribution in [-0.2, 0) is 7.05 Å². The minimum Gasteiger partial charge on any atom is -0.387 e. The van der Waals surface area contributed by atoms with Gasteiger partial charge in [0, 0.05) is 68.1 Å². The molecule has 3 aromatic rings. The summed E-state index contributed by atoms with van der Waals surface area (Å²) in [5.41, 5.74) is 4.87. The summed E-state index contributed by atoms with van der Waals surface area (Å²) in [7, 11) is 2.04. The van der Waals surface area contributed by atoms with Crippen molar-refractivity contribution >= 4 is 16.6 Å². The number of aromatic nitrogens is 1. The SMILES string of the molecule is Cc1ccccc1N1CCN(C[C@H](O)c2cn(C)c3ccccc23)CC1. The molecule has 0 bridgehead atoms. The number of hydrogen-bond acceptors (Lipinski definition) is 3. The van der Waals surface area contributed by atoms with Gasteiger partial charge >= 0.3 is 0 Å². The molecular formula is C22H27N3O. The zero-order valence-electron chi connectivity index (χ0n) is 15.6. The van der Waals surface area contributed by atoms with Crippen molar-refractivity contribution in [1.82, 2.24) is 9.47 Å². The van der Waals surface area contributed by atoms with Crippen molar-refractivity contribution in [3.8, 4) is 0 Å². The van der Waals surface area contributed by atoms with E-state index in [9.17, 15) is 5.11 Å². The summed E-state index contributed by atoms with van der Waals surface area (Å²) in [6.07, 6.45) is 1.62. The third kappa shape index (κ3) is 3.22. The Morgan fingerprint density at radius 1 is 0.962 bits per heavy atom. The van der Waals surface area contributed by atoms with Crippen LogP contribution in [-0.4, -0.2) is 47.3 Å². The van der Waals surface area contributed by atoms with Gasteiger partial charge in [0.1, 0.15) is 0 Å². The van der Waals surface area contributed by atoms with E-state index < -0.39 is 6.10 Å². The minimum atomic E-state index is -0.453. The topological polar surface area (TPSA) is 31.6 Å². The second-order valence-electron chi connectivity index (χ2n) is 7.30. The van der Waals surface area contributed by atoms with E-state index >= 15 is 0 Å². The quantitative estimate of drug-likeness (QED) is 0.784. The first-order valence-electron chi connectivity index (χ1n) is 9.38. The molecule has 0 saturated carbocycles. The van der Waals surface area contributed by atoms with Crippen LogP contribution in [0, 0.1) is 6.92 Å². The number of nitrogens with zero attached hydrogens (tertiary/aromatic N) is 3. The molecule has 4 heteroatoms. The van der Waals surface area contributed by atoms with Crippen molar-refractivity contribution in [1.29, 1.82) is 0 Å². The molecule has 2 aromatic carbocycles. The largest absolute Gasteiger partial charge is 0.387 e. The van der Waals surface area contributed by atoms with Crippen LogP contribution < -0.4 is 4.90 Å². The summed E-state index contributed by atoms with van der Waals surface area (Å²) in [5, 5.41) is 12.0. The van der Waals surface area contributed by atoms with Gasteiger partial charge in [-0.1, -0.05) is 36.4 Å². The third-order valence-corrected chi connectivity index (χ3v) is 5.55. The highest BCUT2D eigenvalue weighted by Gasteiger charge is 2.22. The Kier molecular flexibility index (Phi) is 4.70. The molecule has 26 heavy (non-hydrogen) atoms. The maximum absolute atomic E-state index is 10.8. The summed E-state index contributed by atoms with van der Waals surface area (Å²) in [5.74, 6) is 0. The molecule has 1 aromatic heterocycles. The second kappa shape index (κ2) is 7.14. The van der Waals surface area contributed by atoms with E-state index in [0.29, 0.717) is 6.54 Å². The van der Waals surface area contributed by atoms with Crippen LogP contribution >= 0.6 is 0 Å². The lowest BCUT2D eigenvalue weighted by atomic mass is 10.1. The maximum Gasteiger partial charge on any atom is 0.0937 e. The molecule has 0 unspecified atom stereocenters. The summed E-state index contributed by atoms with van der Waals surface area (Å²) >= 11 is 0. The van der Waals surface area contributed by atoms with Gasteiger partial charge < -0.3 is 14.6 Å². The minimum absolute atomic E-state index is 0.453. The molecular weight excluding hydrogens is 322 g/mol. The lowest BCUT2D eigenvalue weighted by Gasteiger charge is -2.37. The number of aliphatic hydroxyl groups excluding tert-OH is 1. The monoisotopic (exact) mass is 349 g/mol. The van der Waals surface area contributed by atoms with Crippen molar-refractivity contribution in [2.24, 2.45) is 7.05 Å². The molecule has 2 heterocycles. The van der Waals surface area contributed by atoms with Gasteiger partial charge in [-0.05, 0) is 24.6 Å². The number of aryl methyl sites for hydroxylation is 2. The van der Waals surface area contributed by atoms with E-state index in [1.54, 1.807) is 0 Å². The van der Waals surface area contributed by atoms with Crippen molar-refractivity contribution in [2.75, 3.05) is 37.6 Å². The molecule has 0 amide bonds. The van der Waals surface area contributed by atoms with Gasteiger partial charge in [0.05, 0.1) is 6.10 Å². The van der Waals surface area contributed by atoms with Crippen LogP contribution in [0.3, 0.4) is 0 Å². The van der Waals surface area contributed by atoms with Crippen LogP contribution in [0.5, 0.6) is 0 Å². The zero-order chi connectivity index (χ0) is 18.1. The molecule has 1 saturated heterocycles. The molecule has 0 spiro atoms. The van der Waals surface area contributed by atoms with Crippen LogP contribution in [0.4, 0.5) is 5.69 Å². The molecule has 1 N–H and O–H groups in total. The lowest BCUT2D eigenvalue weighted by Crippen LogP contribution is -2.47. The number of β-amino-alcohol motifs (C(OH)–C–C–N with tert-alkyl or cyclic N) is 1.